The highest BCUT2D eigenvalue weighted by Gasteiger charge is 2.11. The van der Waals surface area contributed by atoms with Crippen LogP contribution in [0.3, 0.4) is 0 Å². The van der Waals surface area contributed by atoms with Gasteiger partial charge < -0.3 is 5.32 Å². The van der Waals surface area contributed by atoms with Gasteiger partial charge in [-0.25, -0.2) is 5.43 Å². The molecule has 0 heterocycles. The Hall–Kier alpha value is -4.33. The zero-order chi connectivity index (χ0) is 21.5. The maximum absolute atomic E-state index is 12.3. The monoisotopic (exact) mass is 402 g/mol. The van der Waals surface area contributed by atoms with Crippen LogP contribution in [0.25, 0.3) is 0 Å². The van der Waals surface area contributed by atoms with Crippen LogP contribution < -0.4 is 10.7 Å². The molecular formula is C22H18N4O4. The predicted molar refractivity (Wildman–Crippen MR) is 114 cm³/mol. The van der Waals surface area contributed by atoms with Crippen molar-refractivity contribution in [3.63, 3.8) is 0 Å². The Morgan fingerprint density at radius 1 is 0.833 bits per heavy atom. The summed E-state index contributed by atoms with van der Waals surface area (Å²) in [6, 6.07) is 21.3. The minimum absolute atomic E-state index is 0.129. The smallest absolute Gasteiger partial charge is 0.271 e. The Morgan fingerprint density at radius 3 is 2.23 bits per heavy atom. The molecule has 2 N–H and O–H groups in total. The molecule has 3 rings (SSSR count). The first kappa shape index (κ1) is 20.4. The number of amides is 2. The van der Waals surface area contributed by atoms with Crippen molar-refractivity contribution >= 4 is 28.9 Å². The molecule has 2 amide bonds. The molecule has 0 fully saturated rings. The van der Waals surface area contributed by atoms with E-state index in [0.29, 0.717) is 22.5 Å². The SMILES string of the molecule is C/C(=N/NC(=O)c1cccc([N+](=O)[O-])c1)c1cccc(NC(=O)c2ccccc2)c1. The zero-order valence-corrected chi connectivity index (χ0v) is 16.0. The third kappa shape index (κ3) is 5.14. The molecule has 0 atom stereocenters. The second-order valence-corrected chi connectivity index (χ2v) is 6.35. The van der Waals surface area contributed by atoms with Gasteiger partial charge in [0.05, 0.1) is 10.6 Å². The van der Waals surface area contributed by atoms with Crippen LogP contribution in [-0.4, -0.2) is 22.4 Å². The third-order valence-electron chi connectivity index (χ3n) is 4.22. The van der Waals surface area contributed by atoms with Gasteiger partial charge in [-0.05, 0) is 42.8 Å². The van der Waals surface area contributed by atoms with Crippen molar-refractivity contribution in [2.45, 2.75) is 6.92 Å². The first-order chi connectivity index (χ1) is 14.4. The maximum atomic E-state index is 12.3. The van der Waals surface area contributed by atoms with Crippen LogP contribution >= 0.6 is 0 Å². The lowest BCUT2D eigenvalue weighted by Crippen LogP contribution is -2.19. The standard InChI is InChI=1S/C22H18N4O4/c1-15(24-25-22(28)18-10-6-12-20(14-18)26(29)30)17-9-5-11-19(13-17)23-21(27)16-7-3-2-4-8-16/h2-14H,1H3,(H,23,27)(H,25,28)/b24-15-. The molecule has 0 aliphatic carbocycles. The number of anilines is 1. The quantitative estimate of drug-likeness (QED) is 0.368. The molecule has 0 radical (unpaired) electrons. The molecule has 8 nitrogen and oxygen atoms in total. The predicted octanol–water partition coefficient (Wildman–Crippen LogP) is 4.00. The third-order valence-corrected chi connectivity index (χ3v) is 4.22. The minimum Gasteiger partial charge on any atom is -0.322 e. The minimum atomic E-state index is -0.569. The van der Waals surface area contributed by atoms with Gasteiger partial charge in [0, 0.05) is 28.9 Å². The zero-order valence-electron chi connectivity index (χ0n) is 16.0. The number of hydrogen-bond donors (Lipinski definition) is 2. The Kier molecular flexibility index (Phi) is 6.29. The van der Waals surface area contributed by atoms with Crippen LogP contribution in [0, 0.1) is 10.1 Å². The van der Waals surface area contributed by atoms with E-state index in [1.54, 1.807) is 55.5 Å². The van der Waals surface area contributed by atoms with E-state index in [1.807, 2.05) is 6.07 Å². The molecule has 0 aromatic heterocycles. The number of hydrazone groups is 1. The van der Waals surface area contributed by atoms with Crippen LogP contribution in [0.4, 0.5) is 11.4 Å². The fourth-order valence-electron chi connectivity index (χ4n) is 2.64. The highest BCUT2D eigenvalue weighted by Crippen LogP contribution is 2.14. The highest BCUT2D eigenvalue weighted by molar-refractivity contribution is 6.06. The molecule has 0 unspecified atom stereocenters. The van der Waals surface area contributed by atoms with Gasteiger partial charge in [0.1, 0.15) is 0 Å². The van der Waals surface area contributed by atoms with Crippen LogP contribution in [0.1, 0.15) is 33.2 Å². The second kappa shape index (κ2) is 9.24. The second-order valence-electron chi connectivity index (χ2n) is 6.35. The molecule has 150 valence electrons. The van der Waals surface area contributed by atoms with E-state index < -0.39 is 10.8 Å². The summed E-state index contributed by atoms with van der Waals surface area (Å²) in [7, 11) is 0. The van der Waals surface area contributed by atoms with Crippen molar-refractivity contribution in [3.8, 4) is 0 Å². The summed E-state index contributed by atoms with van der Waals surface area (Å²) in [5.41, 5.74) is 4.66. The van der Waals surface area contributed by atoms with E-state index in [-0.39, 0.29) is 17.2 Å². The molecular weight excluding hydrogens is 384 g/mol. The normalized spacial score (nSPS) is 10.9. The number of nitrogens with zero attached hydrogens (tertiary/aromatic N) is 2. The number of nitro benzene ring substituents is 1. The van der Waals surface area contributed by atoms with Crippen molar-refractivity contribution in [1.82, 2.24) is 5.43 Å². The number of non-ortho nitro benzene ring substituents is 1. The van der Waals surface area contributed by atoms with Gasteiger partial charge in [0.15, 0.2) is 0 Å². The molecule has 30 heavy (non-hydrogen) atoms. The molecule has 8 heteroatoms. The van der Waals surface area contributed by atoms with Gasteiger partial charge in [-0.15, -0.1) is 0 Å². The maximum Gasteiger partial charge on any atom is 0.271 e. The number of carbonyl (C=O) groups excluding carboxylic acids is 2. The van der Waals surface area contributed by atoms with Gasteiger partial charge in [0.2, 0.25) is 0 Å². The van der Waals surface area contributed by atoms with E-state index >= 15 is 0 Å². The molecule has 0 aliphatic heterocycles. The first-order valence-corrected chi connectivity index (χ1v) is 9.00. The lowest BCUT2D eigenvalue weighted by atomic mass is 10.1. The fraction of sp³-hybridized carbons (Fsp3) is 0.0455. The summed E-state index contributed by atoms with van der Waals surface area (Å²) in [5.74, 6) is -0.798. The summed E-state index contributed by atoms with van der Waals surface area (Å²) in [6.07, 6.45) is 0. The van der Waals surface area contributed by atoms with Crippen molar-refractivity contribution < 1.29 is 14.5 Å². The molecule has 0 saturated heterocycles. The van der Waals surface area contributed by atoms with E-state index in [2.05, 4.69) is 15.8 Å². The number of hydrogen-bond acceptors (Lipinski definition) is 5. The first-order valence-electron chi connectivity index (χ1n) is 9.00. The average Bonchev–Trinajstić information content (AvgIpc) is 2.78. The molecule has 0 aliphatic rings. The molecule has 0 bridgehead atoms. The number of carbonyl (C=O) groups is 2. The average molecular weight is 402 g/mol. The lowest BCUT2D eigenvalue weighted by molar-refractivity contribution is -0.384. The van der Waals surface area contributed by atoms with Gasteiger partial charge in [-0.2, -0.15) is 5.10 Å². The van der Waals surface area contributed by atoms with Crippen molar-refractivity contribution in [2.24, 2.45) is 5.10 Å². The summed E-state index contributed by atoms with van der Waals surface area (Å²) in [5, 5.41) is 17.7. The molecule has 0 saturated carbocycles. The Morgan fingerprint density at radius 2 is 1.50 bits per heavy atom. The lowest BCUT2D eigenvalue weighted by Gasteiger charge is -2.08. The van der Waals surface area contributed by atoms with Gasteiger partial charge in [-0.3, -0.25) is 19.7 Å². The van der Waals surface area contributed by atoms with E-state index in [0.717, 1.165) is 0 Å². The van der Waals surface area contributed by atoms with Crippen LogP contribution in [-0.2, 0) is 0 Å². The van der Waals surface area contributed by atoms with Gasteiger partial charge >= 0.3 is 0 Å². The number of nitrogens with one attached hydrogen (secondary N) is 2. The van der Waals surface area contributed by atoms with Crippen molar-refractivity contribution in [3.05, 3.63) is 106 Å². The van der Waals surface area contributed by atoms with Crippen molar-refractivity contribution in [1.29, 1.82) is 0 Å². The molecule has 0 spiro atoms. The Balaban J connectivity index is 1.70. The summed E-state index contributed by atoms with van der Waals surface area (Å²) < 4.78 is 0. The van der Waals surface area contributed by atoms with E-state index in [1.165, 1.54) is 24.3 Å². The number of benzene rings is 3. The van der Waals surface area contributed by atoms with Gasteiger partial charge in [0.25, 0.3) is 17.5 Å². The van der Waals surface area contributed by atoms with Crippen LogP contribution in [0.2, 0.25) is 0 Å². The topological polar surface area (TPSA) is 114 Å². The van der Waals surface area contributed by atoms with Crippen LogP contribution in [0.5, 0.6) is 0 Å². The van der Waals surface area contributed by atoms with E-state index in [4.69, 9.17) is 0 Å². The Bertz CT molecular complexity index is 1130. The van der Waals surface area contributed by atoms with Gasteiger partial charge in [-0.1, -0.05) is 36.4 Å². The summed E-state index contributed by atoms with van der Waals surface area (Å²) in [4.78, 5) is 34.8. The number of rotatable bonds is 6. The molecule has 3 aromatic carbocycles. The van der Waals surface area contributed by atoms with Crippen molar-refractivity contribution in [2.75, 3.05) is 5.32 Å². The molecule has 3 aromatic rings. The van der Waals surface area contributed by atoms with E-state index in [9.17, 15) is 19.7 Å². The summed E-state index contributed by atoms with van der Waals surface area (Å²) in [6.45, 7) is 1.70. The Labute approximate surface area is 172 Å². The largest absolute Gasteiger partial charge is 0.322 e. The summed E-state index contributed by atoms with van der Waals surface area (Å²) >= 11 is 0. The van der Waals surface area contributed by atoms with Crippen LogP contribution in [0.15, 0.2) is 84.0 Å². The number of nitro groups is 1. The fourth-order valence-corrected chi connectivity index (χ4v) is 2.64. The highest BCUT2D eigenvalue weighted by atomic mass is 16.6.